The molecule has 0 radical (unpaired) electrons. The molecule has 0 fully saturated rings. The van der Waals surface area contributed by atoms with Crippen LogP contribution in [0, 0.1) is 11.8 Å². The molecule has 0 saturated carbocycles. The molecular weight excluding hydrogens is 194 g/mol. The maximum absolute atomic E-state index is 5.74. The SMILES string of the molecule is CCC[C@@H](C)/C(=C/N)C(C)=CCC(C)CC. The van der Waals surface area contributed by atoms with Gasteiger partial charge in [0.05, 0.1) is 0 Å². The minimum atomic E-state index is 0.586. The summed E-state index contributed by atoms with van der Waals surface area (Å²) in [5.41, 5.74) is 8.43. The van der Waals surface area contributed by atoms with E-state index in [1.54, 1.807) is 6.20 Å². The highest BCUT2D eigenvalue weighted by molar-refractivity contribution is 5.30. The summed E-state index contributed by atoms with van der Waals surface area (Å²) < 4.78 is 0. The molecule has 16 heavy (non-hydrogen) atoms. The maximum atomic E-state index is 5.74. The second-order valence-corrected chi connectivity index (χ2v) is 4.95. The van der Waals surface area contributed by atoms with Crippen molar-refractivity contribution in [2.24, 2.45) is 17.6 Å². The highest BCUT2D eigenvalue weighted by Crippen LogP contribution is 2.23. The van der Waals surface area contributed by atoms with Crippen LogP contribution in [-0.2, 0) is 0 Å². The zero-order valence-corrected chi connectivity index (χ0v) is 11.7. The van der Waals surface area contributed by atoms with E-state index in [0.717, 1.165) is 5.92 Å². The Balaban J connectivity index is 4.47. The largest absolute Gasteiger partial charge is 0.404 e. The van der Waals surface area contributed by atoms with Gasteiger partial charge in [0.25, 0.3) is 0 Å². The van der Waals surface area contributed by atoms with Crippen LogP contribution in [0.3, 0.4) is 0 Å². The average molecular weight is 223 g/mol. The molecule has 0 heterocycles. The molecule has 1 heteroatoms. The number of rotatable bonds is 7. The second-order valence-electron chi connectivity index (χ2n) is 4.95. The monoisotopic (exact) mass is 223 g/mol. The first-order valence-electron chi connectivity index (χ1n) is 6.65. The quantitative estimate of drug-likeness (QED) is 0.625. The first-order valence-corrected chi connectivity index (χ1v) is 6.65. The van der Waals surface area contributed by atoms with Gasteiger partial charge < -0.3 is 5.73 Å². The molecule has 0 aromatic carbocycles. The van der Waals surface area contributed by atoms with Crippen LogP contribution in [0.5, 0.6) is 0 Å². The molecule has 0 aromatic heterocycles. The number of hydrogen-bond donors (Lipinski definition) is 1. The summed E-state index contributed by atoms with van der Waals surface area (Å²) in [6, 6.07) is 0. The van der Waals surface area contributed by atoms with E-state index in [1.807, 2.05) is 0 Å². The predicted molar refractivity (Wildman–Crippen MR) is 74.2 cm³/mol. The van der Waals surface area contributed by atoms with Crippen LogP contribution in [0.2, 0.25) is 0 Å². The van der Waals surface area contributed by atoms with Gasteiger partial charge in [0.1, 0.15) is 0 Å². The van der Waals surface area contributed by atoms with Gasteiger partial charge in [0.15, 0.2) is 0 Å². The van der Waals surface area contributed by atoms with E-state index in [-0.39, 0.29) is 0 Å². The molecule has 1 nitrogen and oxygen atoms in total. The van der Waals surface area contributed by atoms with Gasteiger partial charge in [0, 0.05) is 0 Å². The molecule has 1 unspecified atom stereocenters. The Morgan fingerprint density at radius 3 is 2.31 bits per heavy atom. The Bertz CT molecular complexity index is 238. The zero-order chi connectivity index (χ0) is 12.6. The van der Waals surface area contributed by atoms with Crippen molar-refractivity contribution < 1.29 is 0 Å². The van der Waals surface area contributed by atoms with Crippen LogP contribution in [0.15, 0.2) is 23.4 Å². The molecule has 2 atom stereocenters. The van der Waals surface area contributed by atoms with E-state index < -0.39 is 0 Å². The van der Waals surface area contributed by atoms with Gasteiger partial charge in [0.2, 0.25) is 0 Å². The standard InChI is InChI=1S/C15H29N/c1-6-8-13(4)15(11-16)14(5)10-9-12(3)7-2/h10-13H,6-9,16H2,1-5H3/b14-10?,15-11-/t12?,13-/m1/s1. The zero-order valence-electron chi connectivity index (χ0n) is 11.7. The summed E-state index contributed by atoms with van der Waals surface area (Å²) in [4.78, 5) is 0. The molecule has 0 aliphatic carbocycles. The summed E-state index contributed by atoms with van der Waals surface area (Å²) in [7, 11) is 0. The van der Waals surface area contributed by atoms with Crippen LogP contribution in [0.1, 0.15) is 60.3 Å². The molecule has 0 aliphatic heterocycles. The van der Waals surface area contributed by atoms with Crippen molar-refractivity contribution in [1.29, 1.82) is 0 Å². The third-order valence-electron chi connectivity index (χ3n) is 3.41. The molecule has 0 aromatic rings. The number of allylic oxidation sites excluding steroid dienone is 3. The lowest BCUT2D eigenvalue weighted by atomic mass is 9.90. The fourth-order valence-electron chi connectivity index (χ4n) is 1.94. The summed E-state index contributed by atoms with van der Waals surface area (Å²) in [5, 5.41) is 0. The molecule has 0 aliphatic rings. The highest BCUT2D eigenvalue weighted by atomic mass is 14.5. The summed E-state index contributed by atoms with van der Waals surface area (Å²) in [5.74, 6) is 1.36. The summed E-state index contributed by atoms with van der Waals surface area (Å²) in [6.07, 6.45) is 8.99. The first-order chi connectivity index (χ1) is 7.56. The van der Waals surface area contributed by atoms with Crippen molar-refractivity contribution >= 4 is 0 Å². The van der Waals surface area contributed by atoms with Crippen LogP contribution >= 0.6 is 0 Å². The molecule has 0 bridgehead atoms. The van der Waals surface area contributed by atoms with Gasteiger partial charge in [-0.3, -0.25) is 0 Å². The molecular formula is C15H29N. The van der Waals surface area contributed by atoms with Gasteiger partial charge in [-0.15, -0.1) is 0 Å². The fourth-order valence-corrected chi connectivity index (χ4v) is 1.94. The van der Waals surface area contributed by atoms with Gasteiger partial charge in [-0.25, -0.2) is 0 Å². The second kappa shape index (κ2) is 8.43. The van der Waals surface area contributed by atoms with Crippen molar-refractivity contribution in [3.63, 3.8) is 0 Å². The minimum Gasteiger partial charge on any atom is -0.404 e. The minimum absolute atomic E-state index is 0.586. The lowest BCUT2D eigenvalue weighted by Gasteiger charge is -2.16. The molecule has 0 saturated heterocycles. The van der Waals surface area contributed by atoms with Crippen LogP contribution in [-0.4, -0.2) is 0 Å². The third-order valence-corrected chi connectivity index (χ3v) is 3.41. The van der Waals surface area contributed by atoms with E-state index in [4.69, 9.17) is 5.73 Å². The van der Waals surface area contributed by atoms with Crippen molar-refractivity contribution in [2.45, 2.75) is 60.3 Å². The van der Waals surface area contributed by atoms with Crippen LogP contribution in [0.4, 0.5) is 0 Å². The lowest BCUT2D eigenvalue weighted by molar-refractivity contribution is 0.567. The predicted octanol–water partition coefficient (Wildman–Crippen LogP) is 4.65. The first kappa shape index (κ1) is 15.3. The molecule has 0 rings (SSSR count). The van der Waals surface area contributed by atoms with Gasteiger partial charge in [-0.05, 0) is 43.4 Å². The fraction of sp³-hybridized carbons (Fsp3) is 0.733. The Labute approximate surface area is 102 Å². The van der Waals surface area contributed by atoms with E-state index in [2.05, 4.69) is 40.7 Å². The Morgan fingerprint density at radius 2 is 1.88 bits per heavy atom. The number of hydrogen-bond acceptors (Lipinski definition) is 1. The summed E-state index contributed by atoms with van der Waals surface area (Å²) >= 11 is 0. The van der Waals surface area contributed by atoms with Crippen LogP contribution < -0.4 is 5.73 Å². The van der Waals surface area contributed by atoms with Crippen molar-refractivity contribution in [3.8, 4) is 0 Å². The number of nitrogens with two attached hydrogens (primary N) is 1. The average Bonchev–Trinajstić information content (AvgIpc) is 2.27. The van der Waals surface area contributed by atoms with E-state index in [1.165, 1.54) is 36.8 Å². The van der Waals surface area contributed by atoms with Crippen LogP contribution in [0.25, 0.3) is 0 Å². The van der Waals surface area contributed by atoms with Gasteiger partial charge >= 0.3 is 0 Å². The van der Waals surface area contributed by atoms with E-state index in [0.29, 0.717) is 5.92 Å². The maximum Gasteiger partial charge on any atom is -0.00244 e. The summed E-state index contributed by atoms with van der Waals surface area (Å²) in [6.45, 7) is 11.2. The van der Waals surface area contributed by atoms with E-state index >= 15 is 0 Å². The lowest BCUT2D eigenvalue weighted by Crippen LogP contribution is -2.04. The molecule has 0 amide bonds. The molecule has 2 N–H and O–H groups in total. The molecule has 94 valence electrons. The Hall–Kier alpha value is -0.720. The Kier molecular flexibility index (Phi) is 8.05. The van der Waals surface area contributed by atoms with Gasteiger partial charge in [-0.2, -0.15) is 0 Å². The smallest absolute Gasteiger partial charge is 0.00244 e. The third kappa shape index (κ3) is 5.39. The van der Waals surface area contributed by atoms with Crippen molar-refractivity contribution in [2.75, 3.05) is 0 Å². The van der Waals surface area contributed by atoms with Gasteiger partial charge in [-0.1, -0.05) is 52.2 Å². The topological polar surface area (TPSA) is 26.0 Å². The normalized spacial score (nSPS) is 17.3. The van der Waals surface area contributed by atoms with E-state index in [9.17, 15) is 0 Å². The Morgan fingerprint density at radius 1 is 1.25 bits per heavy atom. The molecule has 0 spiro atoms. The van der Waals surface area contributed by atoms with Crippen molar-refractivity contribution in [3.05, 3.63) is 23.4 Å². The van der Waals surface area contributed by atoms with Crippen molar-refractivity contribution in [1.82, 2.24) is 0 Å². The highest BCUT2D eigenvalue weighted by Gasteiger charge is 2.09.